The first-order chi connectivity index (χ1) is 5.52. The lowest BCUT2D eigenvalue weighted by molar-refractivity contribution is -0.143. The highest BCUT2D eigenvalue weighted by Crippen LogP contribution is 2.06. The van der Waals surface area contributed by atoms with Gasteiger partial charge in [0.15, 0.2) is 0 Å². The predicted molar refractivity (Wildman–Crippen MR) is 37.3 cm³/mol. The highest BCUT2D eigenvalue weighted by Gasteiger charge is 2.37. The van der Waals surface area contributed by atoms with Crippen LogP contribution in [0.15, 0.2) is 0 Å². The minimum absolute atomic E-state index is 0.588. The van der Waals surface area contributed by atoms with E-state index in [0.29, 0.717) is 0 Å². The molecule has 0 aliphatic carbocycles. The van der Waals surface area contributed by atoms with Gasteiger partial charge in [0.05, 0.1) is 5.92 Å². The van der Waals surface area contributed by atoms with Crippen molar-refractivity contribution in [3.8, 4) is 0 Å². The number of hydrogen-bond donors (Lipinski definition) is 3. The van der Waals surface area contributed by atoms with Crippen molar-refractivity contribution in [1.29, 1.82) is 0 Å². The van der Waals surface area contributed by atoms with E-state index in [1.807, 2.05) is 5.32 Å². The first kappa shape index (κ1) is 8.51. The van der Waals surface area contributed by atoms with Gasteiger partial charge >= 0.3 is 12.0 Å². The molecule has 0 bridgehead atoms. The van der Waals surface area contributed by atoms with Gasteiger partial charge in [-0.25, -0.2) is 4.79 Å². The van der Waals surface area contributed by atoms with Crippen molar-refractivity contribution in [2.75, 3.05) is 0 Å². The van der Waals surface area contributed by atoms with Gasteiger partial charge in [-0.1, -0.05) is 0 Å². The van der Waals surface area contributed by atoms with E-state index in [1.54, 1.807) is 0 Å². The summed E-state index contributed by atoms with van der Waals surface area (Å²) >= 11 is 0. The summed E-state index contributed by atoms with van der Waals surface area (Å²) in [6.45, 7) is 1.36. The molecular formula is C6H8N2O4. The van der Waals surface area contributed by atoms with Crippen molar-refractivity contribution in [3.63, 3.8) is 0 Å². The smallest absolute Gasteiger partial charge is 0.322 e. The van der Waals surface area contributed by atoms with E-state index in [1.165, 1.54) is 6.92 Å². The Balaban J connectivity index is 2.70. The minimum atomic E-state index is -1.11. The second-order valence-corrected chi connectivity index (χ2v) is 2.57. The van der Waals surface area contributed by atoms with Crippen molar-refractivity contribution in [1.82, 2.24) is 10.6 Å². The van der Waals surface area contributed by atoms with Crippen LogP contribution in [0.1, 0.15) is 6.92 Å². The molecule has 0 saturated carbocycles. The van der Waals surface area contributed by atoms with Gasteiger partial charge in [-0.15, -0.1) is 0 Å². The zero-order chi connectivity index (χ0) is 9.30. The maximum atomic E-state index is 10.9. The largest absolute Gasteiger partial charge is 0.481 e. The summed E-state index contributed by atoms with van der Waals surface area (Å²) in [6.07, 6.45) is 0. The Hall–Kier alpha value is -1.59. The van der Waals surface area contributed by atoms with Gasteiger partial charge in [-0.05, 0) is 6.92 Å². The quantitative estimate of drug-likeness (QED) is 0.461. The lowest BCUT2D eigenvalue weighted by Crippen LogP contribution is -2.39. The number of urea groups is 1. The monoisotopic (exact) mass is 172 g/mol. The van der Waals surface area contributed by atoms with Crippen molar-refractivity contribution in [2.45, 2.75) is 13.0 Å². The van der Waals surface area contributed by atoms with Gasteiger partial charge in [-0.2, -0.15) is 0 Å². The Kier molecular flexibility index (Phi) is 1.99. The fraction of sp³-hybridized carbons (Fsp3) is 0.500. The Labute approximate surface area is 67.9 Å². The molecule has 3 amide bonds. The molecule has 1 saturated heterocycles. The van der Waals surface area contributed by atoms with Gasteiger partial charge in [-0.3, -0.25) is 14.9 Å². The normalized spacial score (nSPS) is 24.6. The molecule has 2 atom stereocenters. The number of aliphatic carboxylic acids is 1. The van der Waals surface area contributed by atoms with Crippen LogP contribution in [-0.2, 0) is 9.59 Å². The number of carbonyl (C=O) groups is 3. The standard InChI is InChI=1S/C6H8N2O4/c1-2(5(10)11)3-4(9)8-6(12)7-3/h2-3H,1H3,(H,10,11)(H2,7,8,9,12). The highest BCUT2D eigenvalue weighted by atomic mass is 16.4. The summed E-state index contributed by atoms with van der Waals surface area (Å²) in [5.41, 5.74) is 0. The molecule has 12 heavy (non-hydrogen) atoms. The summed E-state index contributed by atoms with van der Waals surface area (Å²) in [7, 11) is 0. The summed E-state index contributed by atoms with van der Waals surface area (Å²) in [5.74, 6) is -2.61. The third-order valence-corrected chi connectivity index (χ3v) is 1.70. The third kappa shape index (κ3) is 1.36. The van der Waals surface area contributed by atoms with E-state index < -0.39 is 29.9 Å². The van der Waals surface area contributed by atoms with E-state index in [9.17, 15) is 14.4 Å². The van der Waals surface area contributed by atoms with E-state index in [2.05, 4.69) is 5.32 Å². The third-order valence-electron chi connectivity index (χ3n) is 1.70. The number of carboxylic acid groups (broad SMARTS) is 1. The predicted octanol–water partition coefficient (Wildman–Crippen LogP) is -1.08. The average molecular weight is 172 g/mol. The summed E-state index contributed by atoms with van der Waals surface area (Å²) in [6, 6.07) is -1.59. The van der Waals surface area contributed by atoms with Crippen molar-refractivity contribution in [3.05, 3.63) is 0 Å². The molecule has 3 N–H and O–H groups in total. The summed E-state index contributed by atoms with van der Waals surface area (Å²) in [5, 5.41) is 12.7. The zero-order valence-electron chi connectivity index (χ0n) is 6.33. The fourth-order valence-electron chi connectivity index (χ4n) is 0.927. The average Bonchev–Trinajstić information content (AvgIpc) is 2.28. The van der Waals surface area contributed by atoms with Crippen LogP contribution < -0.4 is 10.6 Å². The number of imide groups is 1. The van der Waals surface area contributed by atoms with Gasteiger partial charge in [0.25, 0.3) is 5.91 Å². The molecule has 1 aliphatic rings. The van der Waals surface area contributed by atoms with Crippen LogP contribution in [0.4, 0.5) is 4.79 Å². The van der Waals surface area contributed by atoms with Crippen LogP contribution in [0, 0.1) is 5.92 Å². The molecule has 1 heterocycles. The second kappa shape index (κ2) is 2.80. The van der Waals surface area contributed by atoms with E-state index >= 15 is 0 Å². The van der Waals surface area contributed by atoms with E-state index in [-0.39, 0.29) is 0 Å². The number of nitrogens with one attached hydrogen (secondary N) is 2. The molecule has 1 rings (SSSR count). The zero-order valence-corrected chi connectivity index (χ0v) is 6.33. The van der Waals surface area contributed by atoms with Gasteiger partial charge in [0, 0.05) is 0 Å². The molecule has 0 radical (unpaired) electrons. The first-order valence-electron chi connectivity index (χ1n) is 3.36. The Morgan fingerprint density at radius 3 is 2.50 bits per heavy atom. The van der Waals surface area contributed by atoms with Gasteiger partial charge < -0.3 is 10.4 Å². The van der Waals surface area contributed by atoms with Crippen LogP contribution in [0.3, 0.4) is 0 Å². The molecule has 6 nitrogen and oxygen atoms in total. The van der Waals surface area contributed by atoms with Crippen molar-refractivity contribution in [2.24, 2.45) is 5.92 Å². The molecule has 0 aromatic rings. The van der Waals surface area contributed by atoms with E-state index in [4.69, 9.17) is 5.11 Å². The molecule has 1 fully saturated rings. The molecule has 66 valence electrons. The molecule has 0 spiro atoms. The highest BCUT2D eigenvalue weighted by molar-refractivity contribution is 6.05. The molecule has 6 heteroatoms. The second-order valence-electron chi connectivity index (χ2n) is 2.57. The van der Waals surface area contributed by atoms with Crippen molar-refractivity contribution < 1.29 is 19.5 Å². The lowest BCUT2D eigenvalue weighted by Gasteiger charge is -2.10. The van der Waals surface area contributed by atoms with Crippen LogP contribution in [0.25, 0.3) is 0 Å². The van der Waals surface area contributed by atoms with Crippen LogP contribution in [-0.4, -0.2) is 29.1 Å². The lowest BCUT2D eigenvalue weighted by atomic mass is 10.0. The Bertz CT molecular complexity index is 250. The number of hydrogen-bond acceptors (Lipinski definition) is 3. The van der Waals surface area contributed by atoms with E-state index in [0.717, 1.165) is 0 Å². The van der Waals surface area contributed by atoms with Crippen LogP contribution in [0.5, 0.6) is 0 Å². The topological polar surface area (TPSA) is 95.5 Å². The number of amides is 3. The fourth-order valence-corrected chi connectivity index (χ4v) is 0.927. The number of carboxylic acids is 1. The van der Waals surface area contributed by atoms with Crippen LogP contribution in [0.2, 0.25) is 0 Å². The molecule has 0 aromatic carbocycles. The number of rotatable bonds is 2. The summed E-state index contributed by atoms with van der Waals surface area (Å²) in [4.78, 5) is 31.8. The molecular weight excluding hydrogens is 164 g/mol. The molecule has 1 aliphatic heterocycles. The van der Waals surface area contributed by atoms with Gasteiger partial charge in [0.1, 0.15) is 6.04 Å². The van der Waals surface area contributed by atoms with Gasteiger partial charge in [0.2, 0.25) is 0 Å². The number of carbonyl (C=O) groups excluding carboxylic acids is 2. The Morgan fingerprint density at radius 2 is 2.17 bits per heavy atom. The molecule has 2 unspecified atom stereocenters. The maximum absolute atomic E-state index is 10.9. The molecule has 0 aromatic heterocycles. The first-order valence-corrected chi connectivity index (χ1v) is 3.36. The minimum Gasteiger partial charge on any atom is -0.481 e. The Morgan fingerprint density at radius 1 is 1.58 bits per heavy atom. The van der Waals surface area contributed by atoms with Crippen molar-refractivity contribution >= 4 is 17.9 Å². The maximum Gasteiger partial charge on any atom is 0.322 e. The summed E-state index contributed by atoms with van der Waals surface area (Å²) < 4.78 is 0. The van der Waals surface area contributed by atoms with Crippen LogP contribution >= 0.6 is 0 Å². The SMILES string of the molecule is CC(C(=O)O)C1NC(=O)NC1=O.